The third-order valence-corrected chi connectivity index (χ3v) is 6.44. The number of hydrogen-bond acceptors (Lipinski definition) is 3. The second kappa shape index (κ2) is 14.8. The summed E-state index contributed by atoms with van der Waals surface area (Å²) in [4.78, 5) is 0. The standard InChI is InChI=1S/C18H40O3S/c1-6-10-11-12-13-14-15-16-18(5)17-22(19-7-2,20-8-3)21-9-4/h18H,6-17H2,1-5H3. The number of hydrogen-bond donors (Lipinski definition) is 0. The average Bonchev–Trinajstić information content (AvgIpc) is 2.47. The fourth-order valence-electron chi connectivity index (χ4n) is 2.67. The second-order valence-electron chi connectivity index (χ2n) is 5.96. The van der Waals surface area contributed by atoms with Crippen LogP contribution in [0.25, 0.3) is 0 Å². The maximum atomic E-state index is 5.89. The zero-order valence-electron chi connectivity index (χ0n) is 15.7. The van der Waals surface area contributed by atoms with E-state index in [1.54, 1.807) is 0 Å². The Morgan fingerprint density at radius 3 is 1.59 bits per heavy atom. The molecule has 0 saturated heterocycles. The van der Waals surface area contributed by atoms with Gasteiger partial charge in [0.15, 0.2) is 0 Å². The molecule has 136 valence electrons. The molecule has 0 heterocycles. The zero-order valence-corrected chi connectivity index (χ0v) is 16.5. The van der Waals surface area contributed by atoms with Crippen molar-refractivity contribution in [1.82, 2.24) is 0 Å². The summed E-state index contributed by atoms with van der Waals surface area (Å²) in [6.07, 6.45) is 10.8. The molecule has 0 aliphatic rings. The molecule has 0 saturated carbocycles. The lowest BCUT2D eigenvalue weighted by atomic mass is 10.0. The van der Waals surface area contributed by atoms with E-state index in [0.29, 0.717) is 25.7 Å². The Balaban J connectivity index is 4.02. The summed E-state index contributed by atoms with van der Waals surface area (Å²) in [7, 11) is -1.80. The molecular formula is C18H40O3S. The van der Waals surface area contributed by atoms with Gasteiger partial charge in [0, 0.05) is 5.75 Å². The minimum Gasteiger partial charge on any atom is -0.293 e. The highest BCUT2D eigenvalue weighted by molar-refractivity contribution is 8.21. The van der Waals surface area contributed by atoms with Crippen LogP contribution in [-0.2, 0) is 12.5 Å². The molecule has 3 nitrogen and oxygen atoms in total. The van der Waals surface area contributed by atoms with Gasteiger partial charge in [-0.25, -0.2) is 0 Å². The van der Waals surface area contributed by atoms with Crippen molar-refractivity contribution in [3.8, 4) is 0 Å². The van der Waals surface area contributed by atoms with E-state index in [4.69, 9.17) is 12.5 Å². The van der Waals surface area contributed by atoms with Gasteiger partial charge in [-0.15, -0.1) is 0 Å². The lowest BCUT2D eigenvalue weighted by Gasteiger charge is -2.38. The molecule has 0 fully saturated rings. The highest BCUT2D eigenvalue weighted by Crippen LogP contribution is 2.53. The van der Waals surface area contributed by atoms with Crippen LogP contribution in [0, 0.1) is 5.92 Å². The van der Waals surface area contributed by atoms with E-state index in [0.717, 1.165) is 5.75 Å². The predicted octanol–water partition coefficient (Wildman–Crippen LogP) is 6.42. The first-order valence-electron chi connectivity index (χ1n) is 9.38. The Labute approximate surface area is 141 Å². The van der Waals surface area contributed by atoms with Crippen molar-refractivity contribution in [1.29, 1.82) is 0 Å². The highest BCUT2D eigenvalue weighted by atomic mass is 32.3. The van der Waals surface area contributed by atoms with E-state index in [1.807, 2.05) is 20.8 Å². The molecule has 4 heteroatoms. The molecule has 0 amide bonds. The van der Waals surface area contributed by atoms with Gasteiger partial charge in [-0.2, -0.15) is 0 Å². The molecule has 22 heavy (non-hydrogen) atoms. The molecule has 1 unspecified atom stereocenters. The molecule has 0 aromatic rings. The summed E-state index contributed by atoms with van der Waals surface area (Å²) >= 11 is 0. The van der Waals surface area contributed by atoms with Crippen molar-refractivity contribution in [2.24, 2.45) is 5.92 Å². The van der Waals surface area contributed by atoms with Crippen molar-refractivity contribution in [2.45, 2.75) is 86.0 Å². The Kier molecular flexibility index (Phi) is 15.0. The third kappa shape index (κ3) is 10.9. The molecule has 1 atom stereocenters. The lowest BCUT2D eigenvalue weighted by Crippen LogP contribution is -2.20. The fourth-order valence-corrected chi connectivity index (χ4v) is 5.10. The summed E-state index contributed by atoms with van der Waals surface area (Å²) in [5, 5.41) is 0. The quantitative estimate of drug-likeness (QED) is 0.304. The Hall–Kier alpha value is 0.230. The van der Waals surface area contributed by atoms with Crippen LogP contribution in [0.4, 0.5) is 0 Å². The van der Waals surface area contributed by atoms with Crippen LogP contribution in [0.2, 0.25) is 0 Å². The molecule has 0 aliphatic heterocycles. The summed E-state index contributed by atoms with van der Waals surface area (Å²) in [6.45, 7) is 12.6. The van der Waals surface area contributed by atoms with Crippen LogP contribution in [0.3, 0.4) is 0 Å². The average molecular weight is 337 g/mol. The topological polar surface area (TPSA) is 27.7 Å². The molecule has 0 aliphatic carbocycles. The number of unbranched alkanes of at least 4 members (excludes halogenated alkanes) is 6. The van der Waals surface area contributed by atoms with Crippen molar-refractivity contribution < 1.29 is 12.5 Å². The molecule has 0 bridgehead atoms. The summed E-state index contributed by atoms with van der Waals surface area (Å²) in [6, 6.07) is 0. The van der Waals surface area contributed by atoms with Crippen molar-refractivity contribution in [3.63, 3.8) is 0 Å². The first kappa shape index (κ1) is 22.2. The van der Waals surface area contributed by atoms with Gasteiger partial charge in [0.1, 0.15) is 0 Å². The fraction of sp³-hybridized carbons (Fsp3) is 1.00. The van der Waals surface area contributed by atoms with E-state index < -0.39 is 10.9 Å². The maximum Gasteiger partial charge on any atom is 0.0889 e. The first-order valence-corrected chi connectivity index (χ1v) is 11.0. The molecule has 0 aromatic heterocycles. The lowest BCUT2D eigenvalue weighted by molar-refractivity contribution is 0.182. The van der Waals surface area contributed by atoms with Gasteiger partial charge in [0.25, 0.3) is 0 Å². The van der Waals surface area contributed by atoms with Crippen molar-refractivity contribution >= 4 is 10.9 Å². The Morgan fingerprint density at radius 1 is 0.682 bits per heavy atom. The van der Waals surface area contributed by atoms with Crippen molar-refractivity contribution in [3.05, 3.63) is 0 Å². The minimum atomic E-state index is -1.80. The van der Waals surface area contributed by atoms with Gasteiger partial charge in [-0.1, -0.05) is 58.8 Å². The zero-order chi connectivity index (χ0) is 16.7. The molecular weight excluding hydrogens is 296 g/mol. The second-order valence-corrected chi connectivity index (χ2v) is 8.11. The Morgan fingerprint density at radius 2 is 1.14 bits per heavy atom. The smallest absolute Gasteiger partial charge is 0.0889 e. The van der Waals surface area contributed by atoms with E-state index in [-0.39, 0.29) is 0 Å². The van der Waals surface area contributed by atoms with Gasteiger partial charge in [0.05, 0.1) is 30.7 Å². The van der Waals surface area contributed by atoms with Gasteiger partial charge >= 0.3 is 0 Å². The Bertz CT molecular complexity index is 219. The van der Waals surface area contributed by atoms with Gasteiger partial charge in [-0.3, -0.25) is 12.5 Å². The van der Waals surface area contributed by atoms with Gasteiger partial charge in [0.2, 0.25) is 0 Å². The molecule has 0 aromatic carbocycles. The van der Waals surface area contributed by atoms with E-state index in [9.17, 15) is 0 Å². The summed E-state index contributed by atoms with van der Waals surface area (Å²) in [5.41, 5.74) is 0. The van der Waals surface area contributed by atoms with Crippen LogP contribution in [0.5, 0.6) is 0 Å². The first-order chi connectivity index (χ1) is 10.6. The molecule has 0 N–H and O–H groups in total. The largest absolute Gasteiger partial charge is 0.293 e. The summed E-state index contributed by atoms with van der Waals surface area (Å²) < 4.78 is 17.7. The van der Waals surface area contributed by atoms with Gasteiger partial charge in [-0.05, 0) is 33.1 Å². The monoisotopic (exact) mass is 336 g/mol. The molecule has 0 radical (unpaired) electrons. The summed E-state index contributed by atoms with van der Waals surface area (Å²) in [5.74, 6) is 1.49. The maximum absolute atomic E-state index is 5.89. The predicted molar refractivity (Wildman–Crippen MR) is 99.1 cm³/mol. The van der Waals surface area contributed by atoms with Crippen molar-refractivity contribution in [2.75, 3.05) is 25.6 Å². The van der Waals surface area contributed by atoms with E-state index in [2.05, 4.69) is 13.8 Å². The van der Waals surface area contributed by atoms with E-state index >= 15 is 0 Å². The minimum absolute atomic E-state index is 0.593. The number of rotatable bonds is 16. The van der Waals surface area contributed by atoms with Crippen LogP contribution in [-0.4, -0.2) is 25.6 Å². The molecule has 0 spiro atoms. The van der Waals surface area contributed by atoms with E-state index in [1.165, 1.54) is 51.4 Å². The van der Waals surface area contributed by atoms with Crippen LogP contribution in [0.1, 0.15) is 86.0 Å². The third-order valence-electron chi connectivity index (χ3n) is 3.68. The highest BCUT2D eigenvalue weighted by Gasteiger charge is 2.28. The SMILES string of the molecule is CCCCCCCCCC(C)CS(OCC)(OCC)OCC. The van der Waals surface area contributed by atoms with Crippen LogP contribution < -0.4 is 0 Å². The van der Waals surface area contributed by atoms with Crippen LogP contribution in [0.15, 0.2) is 0 Å². The molecule has 0 rings (SSSR count). The normalized spacial score (nSPS) is 14.2. The van der Waals surface area contributed by atoms with Crippen LogP contribution >= 0.6 is 10.9 Å². The van der Waals surface area contributed by atoms with Gasteiger partial charge < -0.3 is 0 Å².